The summed E-state index contributed by atoms with van der Waals surface area (Å²) in [5, 5.41) is 0. The van der Waals surface area contributed by atoms with Gasteiger partial charge in [-0.3, -0.25) is 0 Å². The number of thiophene rings is 1. The number of hydrogen-bond acceptors (Lipinski definition) is 2. The topological polar surface area (TPSA) is 26.0 Å². The first-order valence-corrected chi connectivity index (χ1v) is 8.43. The van der Waals surface area contributed by atoms with Crippen LogP contribution in [-0.2, 0) is 0 Å². The quantitative estimate of drug-likeness (QED) is 0.789. The summed E-state index contributed by atoms with van der Waals surface area (Å²) in [6, 6.07) is 2.54. The minimum absolute atomic E-state index is 0.264. The molecule has 1 unspecified atom stereocenters. The molecule has 1 aromatic heterocycles. The zero-order chi connectivity index (χ0) is 14.2. The van der Waals surface area contributed by atoms with E-state index in [9.17, 15) is 0 Å². The van der Waals surface area contributed by atoms with Gasteiger partial charge in [0.2, 0.25) is 0 Å². The Labute approximate surface area is 122 Å². The molecule has 1 aromatic rings. The van der Waals surface area contributed by atoms with Crippen LogP contribution >= 0.6 is 11.3 Å². The molecule has 1 fully saturated rings. The molecular weight excluding hydrogens is 250 g/mol. The average molecular weight is 279 g/mol. The maximum Gasteiger partial charge on any atom is 0.0421 e. The lowest BCUT2D eigenvalue weighted by atomic mass is 9.68. The van der Waals surface area contributed by atoms with Crippen LogP contribution in [0.2, 0.25) is 0 Å². The maximum atomic E-state index is 6.55. The molecule has 19 heavy (non-hydrogen) atoms. The summed E-state index contributed by atoms with van der Waals surface area (Å²) >= 11 is 1.90. The number of nitrogens with two attached hydrogens (primary N) is 1. The van der Waals surface area contributed by atoms with Gasteiger partial charge < -0.3 is 5.73 Å². The molecule has 1 aliphatic carbocycles. The van der Waals surface area contributed by atoms with Crippen molar-refractivity contribution in [2.24, 2.45) is 23.0 Å². The zero-order valence-corrected chi connectivity index (χ0v) is 13.9. The smallest absolute Gasteiger partial charge is 0.0421 e. The minimum atomic E-state index is 0.264. The van der Waals surface area contributed by atoms with Gasteiger partial charge in [-0.2, -0.15) is 0 Å². The molecule has 0 spiro atoms. The van der Waals surface area contributed by atoms with Crippen LogP contribution in [0.15, 0.2) is 6.07 Å². The summed E-state index contributed by atoms with van der Waals surface area (Å²) in [6.07, 6.45) is 5.32. The van der Waals surface area contributed by atoms with Gasteiger partial charge in [-0.05, 0) is 68.4 Å². The predicted molar refractivity (Wildman–Crippen MR) is 85.6 cm³/mol. The zero-order valence-electron chi connectivity index (χ0n) is 13.1. The summed E-state index contributed by atoms with van der Waals surface area (Å²) in [5.41, 5.74) is 8.41. The Bertz CT molecular complexity index is 419. The van der Waals surface area contributed by atoms with Crippen LogP contribution in [0.4, 0.5) is 0 Å². The second-order valence-electron chi connectivity index (χ2n) is 7.41. The molecular formula is C17H29NS. The van der Waals surface area contributed by atoms with Crippen molar-refractivity contribution in [1.82, 2.24) is 0 Å². The number of rotatable bonds is 2. The lowest BCUT2D eigenvalue weighted by molar-refractivity contribution is 0.140. The molecule has 1 aliphatic rings. The highest BCUT2D eigenvalue weighted by atomic mass is 32.1. The fraction of sp³-hybridized carbons (Fsp3) is 0.765. The van der Waals surface area contributed by atoms with E-state index in [-0.39, 0.29) is 6.04 Å². The molecule has 0 saturated heterocycles. The fourth-order valence-corrected chi connectivity index (χ4v) is 4.68. The second kappa shape index (κ2) is 5.57. The molecule has 0 bridgehead atoms. The number of hydrogen-bond donors (Lipinski definition) is 1. The van der Waals surface area contributed by atoms with Gasteiger partial charge in [0.25, 0.3) is 0 Å². The molecule has 0 aliphatic heterocycles. The van der Waals surface area contributed by atoms with Crippen molar-refractivity contribution in [3.63, 3.8) is 0 Å². The molecule has 108 valence electrons. The van der Waals surface area contributed by atoms with Crippen molar-refractivity contribution in [1.29, 1.82) is 0 Å². The summed E-state index contributed by atoms with van der Waals surface area (Å²) in [6.45, 7) is 11.5. The molecule has 2 rings (SSSR count). The summed E-state index contributed by atoms with van der Waals surface area (Å²) in [7, 11) is 0. The van der Waals surface area contributed by atoms with Crippen molar-refractivity contribution in [3.8, 4) is 0 Å². The van der Waals surface area contributed by atoms with E-state index in [1.54, 1.807) is 0 Å². The van der Waals surface area contributed by atoms with Crippen molar-refractivity contribution < 1.29 is 0 Å². The Balaban J connectivity index is 2.00. The SMILES string of the molecule is Cc1cc(C)c(C(N)C2CCC(C(C)(C)C)CC2)s1. The monoisotopic (exact) mass is 279 g/mol. The van der Waals surface area contributed by atoms with E-state index in [2.05, 4.69) is 40.7 Å². The average Bonchev–Trinajstić information content (AvgIpc) is 2.66. The third kappa shape index (κ3) is 3.41. The highest BCUT2D eigenvalue weighted by Crippen LogP contribution is 2.44. The second-order valence-corrected chi connectivity index (χ2v) is 8.70. The van der Waals surface area contributed by atoms with Crippen LogP contribution in [0.1, 0.15) is 67.8 Å². The largest absolute Gasteiger partial charge is 0.323 e. The van der Waals surface area contributed by atoms with E-state index >= 15 is 0 Å². The van der Waals surface area contributed by atoms with Gasteiger partial charge >= 0.3 is 0 Å². The van der Waals surface area contributed by atoms with Crippen LogP contribution in [0.5, 0.6) is 0 Å². The molecule has 2 N–H and O–H groups in total. The highest BCUT2D eigenvalue weighted by molar-refractivity contribution is 7.12. The molecule has 1 saturated carbocycles. The third-order valence-corrected chi connectivity index (χ3v) is 6.14. The Morgan fingerprint density at radius 2 is 1.74 bits per heavy atom. The van der Waals surface area contributed by atoms with E-state index in [1.165, 1.54) is 41.0 Å². The fourth-order valence-electron chi connectivity index (χ4n) is 3.55. The third-order valence-electron chi connectivity index (χ3n) is 4.89. The minimum Gasteiger partial charge on any atom is -0.323 e. The van der Waals surface area contributed by atoms with Crippen LogP contribution in [0.25, 0.3) is 0 Å². The highest BCUT2D eigenvalue weighted by Gasteiger charge is 2.32. The van der Waals surface area contributed by atoms with Crippen molar-refractivity contribution in [3.05, 3.63) is 21.4 Å². The molecule has 1 nitrogen and oxygen atoms in total. The maximum absolute atomic E-state index is 6.55. The molecule has 0 amide bonds. The van der Waals surface area contributed by atoms with Crippen molar-refractivity contribution >= 4 is 11.3 Å². The van der Waals surface area contributed by atoms with Gasteiger partial charge in [0, 0.05) is 15.8 Å². The van der Waals surface area contributed by atoms with Crippen LogP contribution in [0.3, 0.4) is 0 Å². The first-order valence-electron chi connectivity index (χ1n) is 7.61. The van der Waals surface area contributed by atoms with Crippen molar-refractivity contribution in [2.45, 2.75) is 66.3 Å². The van der Waals surface area contributed by atoms with E-state index in [0.29, 0.717) is 11.3 Å². The van der Waals surface area contributed by atoms with E-state index < -0.39 is 0 Å². The predicted octanol–water partition coefficient (Wildman–Crippen LogP) is 5.22. The van der Waals surface area contributed by atoms with Crippen molar-refractivity contribution in [2.75, 3.05) is 0 Å². The Morgan fingerprint density at radius 3 is 2.16 bits per heavy atom. The van der Waals surface area contributed by atoms with Gasteiger partial charge in [-0.1, -0.05) is 20.8 Å². The van der Waals surface area contributed by atoms with Gasteiger partial charge in [0.05, 0.1) is 0 Å². The van der Waals surface area contributed by atoms with E-state index in [0.717, 1.165) is 5.92 Å². The lowest BCUT2D eigenvalue weighted by Crippen LogP contribution is -2.30. The molecule has 0 radical (unpaired) electrons. The first kappa shape index (κ1) is 15.1. The Kier molecular flexibility index (Phi) is 4.42. The standard InChI is InChI=1S/C17H29NS/c1-11-10-12(2)19-16(11)15(18)13-6-8-14(9-7-13)17(3,4)5/h10,13-15H,6-9,18H2,1-5H3. The molecule has 0 aromatic carbocycles. The Hall–Kier alpha value is -0.340. The Morgan fingerprint density at radius 1 is 1.16 bits per heavy atom. The normalized spacial score (nSPS) is 26.4. The summed E-state index contributed by atoms with van der Waals surface area (Å²) in [4.78, 5) is 2.82. The van der Waals surface area contributed by atoms with Gasteiger partial charge in [0.1, 0.15) is 0 Å². The van der Waals surface area contributed by atoms with Gasteiger partial charge in [-0.15, -0.1) is 11.3 Å². The molecule has 1 heterocycles. The first-order chi connectivity index (χ1) is 8.79. The summed E-state index contributed by atoms with van der Waals surface area (Å²) in [5.74, 6) is 1.57. The molecule has 2 heteroatoms. The van der Waals surface area contributed by atoms with Crippen LogP contribution in [0, 0.1) is 31.1 Å². The van der Waals surface area contributed by atoms with E-state index in [1.807, 2.05) is 11.3 Å². The lowest BCUT2D eigenvalue weighted by Gasteiger charge is -2.38. The van der Waals surface area contributed by atoms with Gasteiger partial charge in [0.15, 0.2) is 0 Å². The van der Waals surface area contributed by atoms with Crippen LogP contribution < -0.4 is 5.73 Å². The van der Waals surface area contributed by atoms with Gasteiger partial charge in [-0.25, -0.2) is 0 Å². The summed E-state index contributed by atoms with van der Waals surface area (Å²) < 4.78 is 0. The van der Waals surface area contributed by atoms with Crippen LogP contribution in [-0.4, -0.2) is 0 Å². The number of aryl methyl sites for hydroxylation is 2. The van der Waals surface area contributed by atoms with E-state index in [4.69, 9.17) is 5.73 Å². The molecule has 1 atom stereocenters.